The van der Waals surface area contributed by atoms with Gasteiger partial charge in [-0.05, 0) is 30.7 Å². The highest BCUT2D eigenvalue weighted by Crippen LogP contribution is 2.18. The zero-order chi connectivity index (χ0) is 9.36. The number of rotatable bonds is 6. The van der Waals surface area contributed by atoms with Gasteiger partial charge in [0.25, 0.3) is 0 Å². The van der Waals surface area contributed by atoms with Gasteiger partial charge in [-0.15, -0.1) is 11.8 Å². The molecule has 0 aromatic heterocycles. The highest BCUT2D eigenvalue weighted by atomic mass is 32.2. The lowest BCUT2D eigenvalue weighted by molar-refractivity contribution is -0.107. The second-order valence-electron chi connectivity index (χ2n) is 2.82. The Hall–Kier alpha value is -0.760. The van der Waals surface area contributed by atoms with Crippen molar-refractivity contribution in [3.8, 4) is 0 Å². The topological polar surface area (TPSA) is 17.1 Å². The Morgan fingerprint density at radius 3 is 2.62 bits per heavy atom. The first-order chi connectivity index (χ1) is 6.43. The van der Waals surface area contributed by atoms with Gasteiger partial charge in [-0.1, -0.05) is 18.2 Å². The number of hydrogen-bond donors (Lipinski definition) is 0. The van der Waals surface area contributed by atoms with E-state index in [-0.39, 0.29) is 0 Å². The monoisotopic (exact) mass is 194 g/mol. The molecule has 1 rings (SSSR count). The van der Waals surface area contributed by atoms with Crippen LogP contribution in [-0.4, -0.2) is 12.0 Å². The van der Waals surface area contributed by atoms with Crippen molar-refractivity contribution in [2.75, 3.05) is 5.75 Å². The molecule has 0 aliphatic rings. The maximum atomic E-state index is 10.0. The van der Waals surface area contributed by atoms with Crippen molar-refractivity contribution in [1.82, 2.24) is 0 Å². The summed E-state index contributed by atoms with van der Waals surface area (Å²) < 4.78 is 0. The van der Waals surface area contributed by atoms with Crippen LogP contribution in [0.3, 0.4) is 0 Å². The number of aldehydes is 1. The third kappa shape index (κ3) is 4.73. The van der Waals surface area contributed by atoms with Crippen LogP contribution in [-0.2, 0) is 4.79 Å². The summed E-state index contributed by atoms with van der Waals surface area (Å²) in [6, 6.07) is 10.4. The third-order valence-electron chi connectivity index (χ3n) is 1.73. The molecule has 0 atom stereocenters. The average Bonchev–Trinajstić information content (AvgIpc) is 2.19. The summed E-state index contributed by atoms with van der Waals surface area (Å²) in [6.07, 6.45) is 3.84. The molecule has 0 aliphatic carbocycles. The van der Waals surface area contributed by atoms with E-state index in [0.717, 1.165) is 24.9 Å². The van der Waals surface area contributed by atoms with Crippen molar-refractivity contribution in [3.63, 3.8) is 0 Å². The van der Waals surface area contributed by atoms with Crippen LogP contribution >= 0.6 is 11.8 Å². The Labute approximate surface area is 83.5 Å². The molecular weight excluding hydrogens is 180 g/mol. The predicted molar refractivity (Wildman–Crippen MR) is 57.1 cm³/mol. The first-order valence-corrected chi connectivity index (χ1v) is 5.53. The van der Waals surface area contributed by atoms with Crippen molar-refractivity contribution in [2.45, 2.75) is 24.2 Å². The van der Waals surface area contributed by atoms with Gasteiger partial charge >= 0.3 is 0 Å². The Morgan fingerprint density at radius 1 is 1.15 bits per heavy atom. The predicted octanol–water partition coefficient (Wildman–Crippen LogP) is 3.15. The van der Waals surface area contributed by atoms with Gasteiger partial charge in [-0.25, -0.2) is 0 Å². The van der Waals surface area contributed by atoms with E-state index < -0.39 is 0 Å². The van der Waals surface area contributed by atoms with E-state index in [2.05, 4.69) is 12.1 Å². The third-order valence-corrected chi connectivity index (χ3v) is 2.83. The summed E-state index contributed by atoms with van der Waals surface area (Å²) >= 11 is 1.85. The van der Waals surface area contributed by atoms with Crippen LogP contribution in [0.4, 0.5) is 0 Å². The first-order valence-electron chi connectivity index (χ1n) is 4.55. The minimum atomic E-state index is 0.704. The van der Waals surface area contributed by atoms with E-state index in [4.69, 9.17) is 0 Å². The van der Waals surface area contributed by atoms with Gasteiger partial charge in [0, 0.05) is 11.3 Å². The van der Waals surface area contributed by atoms with Crippen molar-refractivity contribution in [3.05, 3.63) is 30.3 Å². The fourth-order valence-corrected chi connectivity index (χ4v) is 1.97. The molecule has 70 valence electrons. The fourth-order valence-electron chi connectivity index (χ4n) is 1.04. The van der Waals surface area contributed by atoms with E-state index in [1.165, 1.54) is 4.90 Å². The molecule has 0 heterocycles. The highest BCUT2D eigenvalue weighted by Gasteiger charge is 1.92. The summed E-state index contributed by atoms with van der Waals surface area (Å²) in [4.78, 5) is 11.3. The molecule has 0 amide bonds. The smallest absolute Gasteiger partial charge is 0.119 e. The number of benzene rings is 1. The fraction of sp³-hybridized carbons (Fsp3) is 0.364. The van der Waals surface area contributed by atoms with Crippen molar-refractivity contribution in [2.24, 2.45) is 0 Å². The zero-order valence-electron chi connectivity index (χ0n) is 7.61. The molecule has 0 radical (unpaired) electrons. The molecule has 1 aromatic carbocycles. The Bertz CT molecular complexity index is 233. The maximum absolute atomic E-state index is 10.0. The molecule has 13 heavy (non-hydrogen) atoms. The van der Waals surface area contributed by atoms with Gasteiger partial charge in [0.2, 0.25) is 0 Å². The van der Waals surface area contributed by atoms with Crippen LogP contribution in [0, 0.1) is 0 Å². The molecule has 1 nitrogen and oxygen atoms in total. The van der Waals surface area contributed by atoms with E-state index in [1.54, 1.807) is 0 Å². The summed E-state index contributed by atoms with van der Waals surface area (Å²) in [5.74, 6) is 1.11. The Morgan fingerprint density at radius 2 is 1.92 bits per heavy atom. The van der Waals surface area contributed by atoms with Crippen LogP contribution in [0.25, 0.3) is 0 Å². The number of thioether (sulfide) groups is 1. The molecular formula is C11H14OS. The Kier molecular flexibility index (Phi) is 5.34. The summed E-state index contributed by atoms with van der Waals surface area (Å²) in [6.45, 7) is 0. The molecule has 0 N–H and O–H groups in total. The maximum Gasteiger partial charge on any atom is 0.119 e. The summed E-state index contributed by atoms with van der Waals surface area (Å²) in [5.41, 5.74) is 0. The lowest BCUT2D eigenvalue weighted by atomic mass is 10.3. The quantitative estimate of drug-likeness (QED) is 0.393. The van der Waals surface area contributed by atoms with Gasteiger partial charge in [-0.2, -0.15) is 0 Å². The van der Waals surface area contributed by atoms with Gasteiger partial charge in [-0.3, -0.25) is 0 Å². The molecule has 0 saturated heterocycles. The molecule has 1 aromatic rings. The minimum Gasteiger partial charge on any atom is -0.303 e. The summed E-state index contributed by atoms with van der Waals surface area (Å²) in [7, 11) is 0. The first kappa shape index (κ1) is 10.3. The standard InChI is InChI=1S/C11H14OS/c12-9-5-2-6-10-13-11-7-3-1-4-8-11/h1,3-4,7-9H,2,5-6,10H2. The molecule has 2 heteroatoms. The molecule has 0 aliphatic heterocycles. The number of hydrogen-bond acceptors (Lipinski definition) is 2. The SMILES string of the molecule is O=CCCCCSc1ccccc1. The van der Waals surface area contributed by atoms with Gasteiger partial charge in [0.05, 0.1) is 0 Å². The van der Waals surface area contributed by atoms with Crippen LogP contribution in [0.1, 0.15) is 19.3 Å². The van der Waals surface area contributed by atoms with Crippen molar-refractivity contribution >= 4 is 18.0 Å². The van der Waals surface area contributed by atoms with Crippen LogP contribution in [0.5, 0.6) is 0 Å². The van der Waals surface area contributed by atoms with E-state index >= 15 is 0 Å². The molecule has 0 spiro atoms. The van der Waals surface area contributed by atoms with Crippen LogP contribution in [0.2, 0.25) is 0 Å². The van der Waals surface area contributed by atoms with Gasteiger partial charge in [0.15, 0.2) is 0 Å². The number of carbonyl (C=O) groups is 1. The highest BCUT2D eigenvalue weighted by molar-refractivity contribution is 7.99. The van der Waals surface area contributed by atoms with Crippen molar-refractivity contribution in [1.29, 1.82) is 0 Å². The molecule has 0 bridgehead atoms. The largest absolute Gasteiger partial charge is 0.303 e. The lowest BCUT2D eigenvalue weighted by Gasteiger charge is -1.99. The van der Waals surface area contributed by atoms with Crippen LogP contribution in [0.15, 0.2) is 35.2 Å². The Balaban J connectivity index is 2.10. The van der Waals surface area contributed by atoms with E-state index in [9.17, 15) is 4.79 Å². The lowest BCUT2D eigenvalue weighted by Crippen LogP contribution is -1.81. The normalized spacial score (nSPS) is 9.85. The van der Waals surface area contributed by atoms with Gasteiger partial charge in [0.1, 0.15) is 6.29 Å². The molecule has 0 fully saturated rings. The van der Waals surface area contributed by atoms with E-state index in [1.807, 2.05) is 30.0 Å². The number of carbonyl (C=O) groups excluding carboxylic acids is 1. The van der Waals surface area contributed by atoms with E-state index in [0.29, 0.717) is 6.42 Å². The van der Waals surface area contributed by atoms with Crippen molar-refractivity contribution < 1.29 is 4.79 Å². The second-order valence-corrected chi connectivity index (χ2v) is 3.99. The van der Waals surface area contributed by atoms with Crippen LogP contribution < -0.4 is 0 Å². The zero-order valence-corrected chi connectivity index (χ0v) is 8.43. The summed E-state index contributed by atoms with van der Waals surface area (Å²) in [5, 5.41) is 0. The van der Waals surface area contributed by atoms with Gasteiger partial charge < -0.3 is 4.79 Å². The molecule has 0 saturated carbocycles. The minimum absolute atomic E-state index is 0.704. The molecule has 0 unspecified atom stereocenters. The second kappa shape index (κ2) is 6.72. The average molecular weight is 194 g/mol. The number of unbranched alkanes of at least 4 members (excludes halogenated alkanes) is 2.